The second-order valence-electron chi connectivity index (χ2n) is 20.4. The lowest BCUT2D eigenvalue weighted by molar-refractivity contribution is -0.161. The van der Waals surface area contributed by atoms with Crippen LogP contribution in [0.15, 0.2) is 146 Å². The van der Waals surface area contributed by atoms with Crippen molar-refractivity contribution in [3.8, 4) is 0 Å². The molecule has 0 aromatic carbocycles. The summed E-state index contributed by atoms with van der Waals surface area (Å²) in [6.07, 6.45) is 98.4. The SMILES string of the molecule is CC/C=C\C/C=C\C/C=C\C/C=C\C/C=C\C/C=C\C/C=C\C/C=C\CCCCCCCCC(=O)OC(CO)COC(=O)CCCCCCCCCCCCCCCCCCCC/C=C\C/C=C\C/C=C\C/C=C\CC. The van der Waals surface area contributed by atoms with Crippen LogP contribution in [0.4, 0.5) is 0 Å². The van der Waals surface area contributed by atoms with Crippen molar-refractivity contribution in [3.05, 3.63) is 146 Å². The summed E-state index contributed by atoms with van der Waals surface area (Å²) < 4.78 is 10.7. The van der Waals surface area contributed by atoms with Gasteiger partial charge in [-0.2, -0.15) is 0 Å². The van der Waals surface area contributed by atoms with Crippen LogP contribution in [0.3, 0.4) is 0 Å². The minimum Gasteiger partial charge on any atom is -0.462 e. The lowest BCUT2D eigenvalue weighted by Gasteiger charge is -2.15. The summed E-state index contributed by atoms with van der Waals surface area (Å²) in [5, 5.41) is 9.68. The van der Waals surface area contributed by atoms with Crippen molar-refractivity contribution in [1.82, 2.24) is 0 Å². The van der Waals surface area contributed by atoms with Gasteiger partial charge in [-0.1, -0.05) is 288 Å². The van der Waals surface area contributed by atoms with Gasteiger partial charge in [-0.25, -0.2) is 0 Å². The van der Waals surface area contributed by atoms with Crippen molar-refractivity contribution >= 4 is 11.9 Å². The molecule has 0 heterocycles. The van der Waals surface area contributed by atoms with E-state index in [2.05, 4.69) is 160 Å². The molecule has 0 bridgehead atoms. The minimum atomic E-state index is -0.791. The standard InChI is InChI=1S/C71H116O5/c1-3-5-7-9-11-13-15-17-19-21-23-25-27-29-31-33-35-37-39-41-43-45-47-49-51-53-55-57-59-61-63-65-70(73)75-68-69(67-72)76-71(74)66-64-62-60-58-56-54-52-50-48-46-44-42-40-38-36-34-32-30-28-26-24-22-20-18-16-14-12-10-8-6-4-2/h5-8,11-14,17-20,23-26,30,32,36,38,42,44,48,50,69,72H,3-4,9-10,15-16,21-22,27-29,31,33-35,37,39-41,43,45-47,49,51-68H2,1-2H3/b7-5-,8-6-,13-11-,14-12-,19-17-,20-18-,25-23-,26-24-,32-30-,38-36-,44-42-,50-48-. The van der Waals surface area contributed by atoms with Gasteiger partial charge >= 0.3 is 11.9 Å². The maximum absolute atomic E-state index is 12.3. The summed E-state index contributed by atoms with van der Waals surface area (Å²) >= 11 is 0. The zero-order valence-corrected chi connectivity index (χ0v) is 49.2. The summed E-state index contributed by atoms with van der Waals surface area (Å²) in [5.41, 5.74) is 0. The molecular formula is C71H116O5. The van der Waals surface area contributed by atoms with Crippen LogP contribution >= 0.6 is 0 Å². The smallest absolute Gasteiger partial charge is 0.306 e. The second kappa shape index (κ2) is 65.1. The largest absolute Gasteiger partial charge is 0.462 e. The molecule has 0 aromatic rings. The summed E-state index contributed by atoms with van der Waals surface area (Å²) in [6.45, 7) is 3.91. The van der Waals surface area contributed by atoms with Crippen LogP contribution in [0.2, 0.25) is 0 Å². The Hall–Kier alpha value is -4.22. The molecule has 1 N–H and O–H groups in total. The number of aliphatic hydroxyl groups is 1. The van der Waals surface area contributed by atoms with Crippen LogP contribution in [0, 0.1) is 0 Å². The van der Waals surface area contributed by atoms with E-state index in [-0.39, 0.29) is 25.2 Å². The van der Waals surface area contributed by atoms with Crippen LogP contribution < -0.4 is 0 Å². The van der Waals surface area contributed by atoms with E-state index in [0.717, 1.165) is 122 Å². The molecule has 0 aromatic heterocycles. The zero-order valence-electron chi connectivity index (χ0n) is 49.2. The third-order valence-electron chi connectivity index (χ3n) is 13.1. The molecule has 0 fully saturated rings. The first-order valence-electron chi connectivity index (χ1n) is 31.4. The Morgan fingerprint density at radius 2 is 0.526 bits per heavy atom. The number of aliphatic hydroxyl groups excluding tert-OH is 1. The average Bonchev–Trinajstić information content (AvgIpc) is 3.42. The molecule has 0 aliphatic rings. The van der Waals surface area contributed by atoms with Crippen molar-refractivity contribution in [2.75, 3.05) is 13.2 Å². The van der Waals surface area contributed by atoms with E-state index in [1.807, 2.05) is 0 Å². The van der Waals surface area contributed by atoms with Gasteiger partial charge in [0.25, 0.3) is 0 Å². The highest BCUT2D eigenvalue weighted by molar-refractivity contribution is 5.70. The van der Waals surface area contributed by atoms with Crippen LogP contribution in [-0.2, 0) is 19.1 Å². The highest BCUT2D eigenvalue weighted by atomic mass is 16.6. The molecular weight excluding hydrogens is 933 g/mol. The van der Waals surface area contributed by atoms with Crippen LogP contribution in [0.25, 0.3) is 0 Å². The van der Waals surface area contributed by atoms with E-state index in [1.54, 1.807) is 0 Å². The van der Waals surface area contributed by atoms with E-state index >= 15 is 0 Å². The quantitative estimate of drug-likeness (QED) is 0.0373. The minimum absolute atomic E-state index is 0.0786. The van der Waals surface area contributed by atoms with Crippen molar-refractivity contribution in [2.24, 2.45) is 0 Å². The molecule has 0 saturated carbocycles. The van der Waals surface area contributed by atoms with Gasteiger partial charge in [0.15, 0.2) is 6.10 Å². The molecule has 1 unspecified atom stereocenters. The predicted molar refractivity (Wildman–Crippen MR) is 334 cm³/mol. The Labute approximate surface area is 469 Å². The first kappa shape index (κ1) is 71.8. The summed E-state index contributed by atoms with van der Waals surface area (Å²) in [7, 11) is 0. The highest BCUT2D eigenvalue weighted by Gasteiger charge is 2.16. The molecule has 1 atom stereocenters. The molecule has 430 valence electrons. The highest BCUT2D eigenvalue weighted by Crippen LogP contribution is 2.16. The van der Waals surface area contributed by atoms with E-state index in [4.69, 9.17) is 9.47 Å². The Kier molecular flexibility index (Phi) is 61.5. The normalized spacial score (nSPS) is 13.2. The molecule has 0 aliphatic carbocycles. The van der Waals surface area contributed by atoms with Crippen molar-refractivity contribution in [1.29, 1.82) is 0 Å². The zero-order chi connectivity index (χ0) is 54.8. The Morgan fingerprint density at radius 1 is 0.303 bits per heavy atom. The Balaban J connectivity index is 3.55. The van der Waals surface area contributed by atoms with E-state index in [9.17, 15) is 14.7 Å². The topological polar surface area (TPSA) is 72.8 Å². The summed E-state index contributed by atoms with van der Waals surface area (Å²) in [6, 6.07) is 0. The van der Waals surface area contributed by atoms with Gasteiger partial charge in [0.2, 0.25) is 0 Å². The summed E-state index contributed by atoms with van der Waals surface area (Å²) in [4.78, 5) is 24.6. The molecule has 0 aliphatic heterocycles. The third kappa shape index (κ3) is 62.3. The lowest BCUT2D eigenvalue weighted by atomic mass is 10.0. The van der Waals surface area contributed by atoms with Crippen LogP contribution in [-0.4, -0.2) is 36.4 Å². The number of hydrogen-bond donors (Lipinski definition) is 1. The monoisotopic (exact) mass is 1050 g/mol. The average molecular weight is 1050 g/mol. The fourth-order valence-corrected chi connectivity index (χ4v) is 8.50. The number of esters is 2. The van der Waals surface area contributed by atoms with Gasteiger partial charge in [0.1, 0.15) is 6.61 Å². The number of ether oxygens (including phenoxy) is 2. The van der Waals surface area contributed by atoms with Crippen molar-refractivity contribution in [3.63, 3.8) is 0 Å². The molecule has 0 rings (SSSR count). The maximum atomic E-state index is 12.3. The van der Waals surface area contributed by atoms with Gasteiger partial charge < -0.3 is 14.6 Å². The molecule has 0 saturated heterocycles. The Bertz CT molecular complexity index is 1610. The van der Waals surface area contributed by atoms with Gasteiger partial charge in [-0.15, -0.1) is 0 Å². The molecule has 0 radical (unpaired) electrons. The molecule has 76 heavy (non-hydrogen) atoms. The molecule has 5 nitrogen and oxygen atoms in total. The van der Waals surface area contributed by atoms with Crippen molar-refractivity contribution < 1.29 is 24.2 Å². The Morgan fingerprint density at radius 3 is 0.789 bits per heavy atom. The third-order valence-corrected chi connectivity index (χ3v) is 13.1. The van der Waals surface area contributed by atoms with Crippen molar-refractivity contribution in [2.45, 2.75) is 277 Å². The van der Waals surface area contributed by atoms with Gasteiger partial charge in [0.05, 0.1) is 6.61 Å². The van der Waals surface area contributed by atoms with Gasteiger partial charge in [-0.3, -0.25) is 9.59 Å². The predicted octanol–water partition coefficient (Wildman–Crippen LogP) is 21.8. The molecule has 0 amide bonds. The number of unbranched alkanes of at least 4 members (excludes halogenated alkanes) is 24. The number of carbonyl (C=O) groups excluding carboxylic acids is 2. The van der Waals surface area contributed by atoms with Crippen LogP contribution in [0.5, 0.6) is 0 Å². The molecule has 5 heteroatoms. The second-order valence-corrected chi connectivity index (χ2v) is 20.4. The van der Waals surface area contributed by atoms with E-state index in [0.29, 0.717) is 12.8 Å². The molecule has 0 spiro atoms. The number of allylic oxidation sites excluding steroid dienone is 24. The van der Waals surface area contributed by atoms with Crippen LogP contribution in [0.1, 0.15) is 271 Å². The maximum Gasteiger partial charge on any atom is 0.306 e. The van der Waals surface area contributed by atoms with Gasteiger partial charge in [0, 0.05) is 12.8 Å². The summed E-state index contributed by atoms with van der Waals surface area (Å²) in [5.74, 6) is -0.609. The number of rotatable bonds is 56. The number of hydrogen-bond acceptors (Lipinski definition) is 5. The van der Waals surface area contributed by atoms with E-state index < -0.39 is 6.10 Å². The fourth-order valence-electron chi connectivity index (χ4n) is 8.50. The fraction of sp³-hybridized carbons (Fsp3) is 0.634. The first-order chi connectivity index (χ1) is 37.6. The lowest BCUT2D eigenvalue weighted by Crippen LogP contribution is -2.28. The van der Waals surface area contributed by atoms with Gasteiger partial charge in [-0.05, 0) is 116 Å². The first-order valence-corrected chi connectivity index (χ1v) is 31.4. The number of carbonyl (C=O) groups is 2. The van der Waals surface area contributed by atoms with E-state index in [1.165, 1.54) is 122 Å².